The zero-order valence-electron chi connectivity index (χ0n) is 15.6. The van der Waals surface area contributed by atoms with E-state index in [1.165, 1.54) is 11.3 Å². The summed E-state index contributed by atoms with van der Waals surface area (Å²) in [5.74, 6) is 0.576. The quantitative estimate of drug-likeness (QED) is 0.541. The smallest absolute Gasteiger partial charge is 0.329 e. The second-order valence-corrected chi connectivity index (χ2v) is 7.35. The Balaban J connectivity index is 1.50. The molecule has 0 aliphatic heterocycles. The first-order valence-corrected chi connectivity index (χ1v) is 9.85. The molecule has 0 unspecified atom stereocenters. The van der Waals surface area contributed by atoms with E-state index in [1.54, 1.807) is 16.2 Å². The van der Waals surface area contributed by atoms with Gasteiger partial charge in [-0.3, -0.25) is 13.9 Å². The Morgan fingerprint density at radius 2 is 1.93 bits per heavy atom. The highest BCUT2D eigenvalue weighted by Crippen LogP contribution is 2.29. The van der Waals surface area contributed by atoms with Gasteiger partial charge in [-0.25, -0.2) is 9.78 Å². The number of para-hydroxylation sites is 2. The molecule has 0 saturated heterocycles. The number of amides is 1. The van der Waals surface area contributed by atoms with Crippen molar-refractivity contribution in [2.75, 3.05) is 12.4 Å². The first kappa shape index (κ1) is 18.2. The van der Waals surface area contributed by atoms with E-state index in [0.717, 1.165) is 27.0 Å². The molecule has 0 aliphatic rings. The minimum absolute atomic E-state index is 0.0939. The number of anilines is 1. The van der Waals surface area contributed by atoms with Gasteiger partial charge in [0.25, 0.3) is 0 Å². The SMILES string of the molecule is CCn1c(=O)n(CCC(=O)Nc2nc3ccc(OC)cc3s2)c2ccccc21. The Morgan fingerprint density at radius 1 is 1.18 bits per heavy atom. The third-order valence-electron chi connectivity index (χ3n) is 4.65. The molecule has 4 aromatic rings. The topological polar surface area (TPSA) is 78.2 Å². The minimum Gasteiger partial charge on any atom is -0.497 e. The number of aryl methyl sites for hydroxylation is 2. The Bertz CT molecular complexity index is 1220. The summed E-state index contributed by atoms with van der Waals surface area (Å²) < 4.78 is 9.53. The molecule has 0 bridgehead atoms. The molecule has 1 N–H and O–H groups in total. The second kappa shape index (κ2) is 7.47. The minimum atomic E-state index is -0.175. The average Bonchev–Trinajstić information content (AvgIpc) is 3.22. The van der Waals surface area contributed by atoms with Crippen LogP contribution in [-0.2, 0) is 17.9 Å². The number of hydrogen-bond donors (Lipinski definition) is 1. The number of carbonyl (C=O) groups is 1. The van der Waals surface area contributed by atoms with E-state index < -0.39 is 0 Å². The maximum atomic E-state index is 12.6. The molecule has 2 aromatic carbocycles. The maximum absolute atomic E-state index is 12.6. The van der Waals surface area contributed by atoms with Crippen molar-refractivity contribution < 1.29 is 9.53 Å². The third-order valence-corrected chi connectivity index (χ3v) is 5.58. The highest BCUT2D eigenvalue weighted by molar-refractivity contribution is 7.22. The van der Waals surface area contributed by atoms with Crippen LogP contribution in [0.3, 0.4) is 0 Å². The fourth-order valence-electron chi connectivity index (χ4n) is 3.27. The van der Waals surface area contributed by atoms with Crippen molar-refractivity contribution >= 4 is 43.6 Å². The van der Waals surface area contributed by atoms with Gasteiger partial charge in [-0.05, 0) is 37.3 Å². The number of benzene rings is 2. The number of carbonyl (C=O) groups excluding carboxylic acids is 1. The molecule has 4 rings (SSSR count). The van der Waals surface area contributed by atoms with Crippen LogP contribution < -0.4 is 15.7 Å². The van der Waals surface area contributed by atoms with Crippen molar-refractivity contribution in [1.29, 1.82) is 0 Å². The van der Waals surface area contributed by atoms with Crippen LogP contribution in [0.15, 0.2) is 47.3 Å². The van der Waals surface area contributed by atoms with E-state index in [0.29, 0.717) is 18.2 Å². The van der Waals surface area contributed by atoms with Crippen LogP contribution in [0.4, 0.5) is 5.13 Å². The third kappa shape index (κ3) is 3.27. The summed E-state index contributed by atoms with van der Waals surface area (Å²) in [5, 5.41) is 3.37. The number of nitrogens with one attached hydrogen (secondary N) is 1. The van der Waals surface area contributed by atoms with E-state index in [1.807, 2.05) is 49.4 Å². The lowest BCUT2D eigenvalue weighted by Crippen LogP contribution is -2.25. The van der Waals surface area contributed by atoms with Crippen LogP contribution in [0.25, 0.3) is 21.3 Å². The van der Waals surface area contributed by atoms with Crippen LogP contribution in [0.2, 0.25) is 0 Å². The zero-order valence-corrected chi connectivity index (χ0v) is 16.5. The lowest BCUT2D eigenvalue weighted by atomic mass is 10.3. The number of thiazole rings is 1. The van der Waals surface area contributed by atoms with Gasteiger partial charge in [0.15, 0.2) is 5.13 Å². The molecule has 0 saturated carbocycles. The number of imidazole rings is 1. The molecule has 0 atom stereocenters. The number of ether oxygens (including phenoxy) is 1. The molecule has 0 fully saturated rings. The molecule has 28 heavy (non-hydrogen) atoms. The lowest BCUT2D eigenvalue weighted by molar-refractivity contribution is -0.116. The molecule has 0 spiro atoms. The van der Waals surface area contributed by atoms with E-state index in [-0.39, 0.29) is 18.0 Å². The van der Waals surface area contributed by atoms with Gasteiger partial charge in [-0.2, -0.15) is 0 Å². The van der Waals surface area contributed by atoms with E-state index in [2.05, 4.69) is 10.3 Å². The summed E-state index contributed by atoms with van der Waals surface area (Å²) in [6.45, 7) is 2.84. The monoisotopic (exact) mass is 396 g/mol. The fraction of sp³-hybridized carbons (Fsp3) is 0.250. The van der Waals surface area contributed by atoms with Crippen molar-refractivity contribution in [2.24, 2.45) is 0 Å². The number of hydrogen-bond acceptors (Lipinski definition) is 5. The highest BCUT2D eigenvalue weighted by atomic mass is 32.1. The number of methoxy groups -OCH3 is 1. The first-order valence-electron chi connectivity index (χ1n) is 9.03. The molecular weight excluding hydrogens is 376 g/mol. The van der Waals surface area contributed by atoms with Crippen molar-refractivity contribution in [2.45, 2.75) is 26.4 Å². The van der Waals surface area contributed by atoms with Gasteiger partial charge in [0.05, 0.1) is 28.4 Å². The largest absolute Gasteiger partial charge is 0.497 e. The second-order valence-electron chi connectivity index (χ2n) is 6.32. The number of nitrogens with zero attached hydrogens (tertiary/aromatic N) is 3. The predicted molar refractivity (Wildman–Crippen MR) is 111 cm³/mol. The summed E-state index contributed by atoms with van der Waals surface area (Å²) in [6.07, 6.45) is 0.191. The standard InChI is InChI=1S/C20H20N4O3S/c1-3-23-15-6-4-5-7-16(15)24(20(23)26)11-10-18(25)22-19-21-14-9-8-13(27-2)12-17(14)28-19/h4-9,12H,3,10-11H2,1-2H3,(H,21,22,25). The molecule has 0 radical (unpaired) electrons. The van der Waals surface area contributed by atoms with Crippen molar-refractivity contribution in [3.8, 4) is 5.75 Å². The normalized spacial score (nSPS) is 11.2. The maximum Gasteiger partial charge on any atom is 0.329 e. The van der Waals surface area contributed by atoms with Crippen LogP contribution >= 0.6 is 11.3 Å². The summed E-state index contributed by atoms with van der Waals surface area (Å²) in [7, 11) is 1.61. The Kier molecular flexibility index (Phi) is 4.87. The van der Waals surface area contributed by atoms with Crippen molar-refractivity contribution in [3.05, 3.63) is 52.9 Å². The number of aromatic nitrogens is 3. The van der Waals surface area contributed by atoms with E-state index in [4.69, 9.17) is 4.74 Å². The Labute approximate surface area is 165 Å². The van der Waals surface area contributed by atoms with Crippen LogP contribution in [0.5, 0.6) is 5.75 Å². The highest BCUT2D eigenvalue weighted by Gasteiger charge is 2.14. The summed E-state index contributed by atoms with van der Waals surface area (Å²) in [6, 6.07) is 13.2. The predicted octanol–water partition coefficient (Wildman–Crippen LogP) is 3.47. The van der Waals surface area contributed by atoms with Gasteiger partial charge >= 0.3 is 5.69 Å². The molecule has 144 valence electrons. The Morgan fingerprint density at radius 3 is 2.64 bits per heavy atom. The molecule has 1 amide bonds. The average molecular weight is 396 g/mol. The molecule has 2 aromatic heterocycles. The number of rotatable bonds is 6. The summed E-state index contributed by atoms with van der Waals surface area (Å²) >= 11 is 1.39. The molecule has 2 heterocycles. The van der Waals surface area contributed by atoms with E-state index in [9.17, 15) is 9.59 Å². The van der Waals surface area contributed by atoms with Gasteiger partial charge in [0.2, 0.25) is 5.91 Å². The molecule has 7 nitrogen and oxygen atoms in total. The lowest BCUT2D eigenvalue weighted by Gasteiger charge is -2.03. The van der Waals surface area contributed by atoms with Crippen molar-refractivity contribution in [1.82, 2.24) is 14.1 Å². The van der Waals surface area contributed by atoms with Crippen LogP contribution in [-0.4, -0.2) is 27.1 Å². The van der Waals surface area contributed by atoms with Gasteiger partial charge in [0, 0.05) is 19.5 Å². The first-order chi connectivity index (χ1) is 13.6. The van der Waals surface area contributed by atoms with Gasteiger partial charge < -0.3 is 10.1 Å². The summed E-state index contributed by atoms with van der Waals surface area (Å²) in [4.78, 5) is 29.5. The molecular formula is C20H20N4O3S. The van der Waals surface area contributed by atoms with Crippen LogP contribution in [0.1, 0.15) is 13.3 Å². The summed E-state index contributed by atoms with van der Waals surface area (Å²) in [5.41, 5.74) is 2.44. The van der Waals surface area contributed by atoms with Gasteiger partial charge in [0.1, 0.15) is 5.75 Å². The zero-order chi connectivity index (χ0) is 19.7. The van der Waals surface area contributed by atoms with E-state index >= 15 is 0 Å². The molecule has 0 aliphatic carbocycles. The van der Waals surface area contributed by atoms with Crippen LogP contribution in [0, 0.1) is 0 Å². The number of fused-ring (bicyclic) bond motifs is 2. The van der Waals surface area contributed by atoms with Gasteiger partial charge in [-0.1, -0.05) is 23.5 Å². The molecule has 8 heteroatoms. The van der Waals surface area contributed by atoms with Gasteiger partial charge in [-0.15, -0.1) is 0 Å². The van der Waals surface area contributed by atoms with Crippen molar-refractivity contribution in [3.63, 3.8) is 0 Å². The Hall–Kier alpha value is -3.13. The fourth-order valence-corrected chi connectivity index (χ4v) is 4.19.